The molecule has 2 heterocycles. The first-order chi connectivity index (χ1) is 17.0. The minimum Gasteiger partial charge on any atom is -0.503 e. The zero-order valence-corrected chi connectivity index (χ0v) is 19.6. The Hall–Kier alpha value is -4.32. The van der Waals surface area contributed by atoms with Crippen LogP contribution < -0.4 is 9.64 Å². The number of nitrogens with one attached hydrogen (secondary N) is 1. The van der Waals surface area contributed by atoms with Crippen molar-refractivity contribution in [3.8, 4) is 5.75 Å². The molecular weight excluding hydrogens is 440 g/mol. The number of H-pyrrole nitrogens is 1. The molecule has 6 heteroatoms. The van der Waals surface area contributed by atoms with Crippen molar-refractivity contribution in [1.29, 1.82) is 0 Å². The molecule has 5 rings (SSSR count). The van der Waals surface area contributed by atoms with Gasteiger partial charge in [-0.05, 0) is 37.1 Å². The fraction of sp³-hybridized carbons (Fsp3) is 0.172. The van der Waals surface area contributed by atoms with E-state index in [1.54, 1.807) is 31.4 Å². The van der Waals surface area contributed by atoms with Crippen LogP contribution in [0.4, 0.5) is 5.69 Å². The van der Waals surface area contributed by atoms with Crippen LogP contribution in [0.3, 0.4) is 0 Å². The Morgan fingerprint density at radius 3 is 2.54 bits per heavy atom. The quantitative estimate of drug-likeness (QED) is 0.372. The predicted molar refractivity (Wildman–Crippen MR) is 136 cm³/mol. The van der Waals surface area contributed by atoms with Gasteiger partial charge in [-0.1, -0.05) is 54.6 Å². The first kappa shape index (κ1) is 22.5. The Kier molecular flexibility index (Phi) is 5.87. The van der Waals surface area contributed by atoms with Gasteiger partial charge in [0.25, 0.3) is 5.91 Å². The fourth-order valence-corrected chi connectivity index (χ4v) is 4.88. The van der Waals surface area contributed by atoms with E-state index in [4.69, 9.17) is 4.74 Å². The molecule has 0 spiro atoms. The summed E-state index contributed by atoms with van der Waals surface area (Å²) in [6.07, 6.45) is 0.698. The molecule has 1 aliphatic heterocycles. The molecule has 1 aliphatic rings. The number of fused-ring (bicyclic) bond motifs is 1. The number of Topliss-reactive ketones (excluding diaryl/α,β-unsaturated/α-hetero) is 1. The molecule has 3 aromatic carbocycles. The van der Waals surface area contributed by atoms with E-state index in [-0.39, 0.29) is 17.8 Å². The molecule has 1 aromatic heterocycles. The Balaban J connectivity index is 1.63. The molecule has 1 amide bonds. The van der Waals surface area contributed by atoms with Crippen LogP contribution in [0, 0.1) is 6.92 Å². The number of hydrogen-bond acceptors (Lipinski definition) is 4. The number of anilines is 1. The van der Waals surface area contributed by atoms with E-state index in [1.807, 2.05) is 61.5 Å². The van der Waals surface area contributed by atoms with Gasteiger partial charge in [0.1, 0.15) is 5.75 Å². The Bertz CT molecular complexity index is 1450. The second-order valence-corrected chi connectivity index (χ2v) is 8.66. The van der Waals surface area contributed by atoms with Gasteiger partial charge in [-0.2, -0.15) is 0 Å². The number of nitrogens with zero attached hydrogens (tertiary/aromatic N) is 1. The van der Waals surface area contributed by atoms with Crippen molar-refractivity contribution in [2.45, 2.75) is 25.8 Å². The molecule has 0 bridgehead atoms. The number of aromatic amines is 1. The van der Waals surface area contributed by atoms with Gasteiger partial charge in [0.05, 0.1) is 18.7 Å². The molecule has 1 atom stereocenters. The summed E-state index contributed by atoms with van der Waals surface area (Å²) < 4.78 is 5.37. The number of ketones is 1. The van der Waals surface area contributed by atoms with E-state index < -0.39 is 17.7 Å². The van der Waals surface area contributed by atoms with Crippen LogP contribution in [0.1, 0.15) is 29.3 Å². The number of aliphatic hydroxyl groups excluding tert-OH is 1. The van der Waals surface area contributed by atoms with Crippen molar-refractivity contribution in [2.24, 2.45) is 0 Å². The van der Waals surface area contributed by atoms with E-state index in [2.05, 4.69) is 4.98 Å². The Morgan fingerprint density at radius 2 is 1.77 bits per heavy atom. The van der Waals surface area contributed by atoms with Gasteiger partial charge in [-0.15, -0.1) is 0 Å². The molecule has 176 valence electrons. The summed E-state index contributed by atoms with van der Waals surface area (Å²) in [5.41, 5.74) is 4.22. The van der Waals surface area contributed by atoms with Crippen LogP contribution in [-0.4, -0.2) is 28.9 Å². The van der Waals surface area contributed by atoms with Crippen molar-refractivity contribution >= 4 is 28.3 Å². The minimum atomic E-state index is -0.769. The molecule has 35 heavy (non-hydrogen) atoms. The number of aromatic nitrogens is 1. The van der Waals surface area contributed by atoms with Crippen LogP contribution in [0.5, 0.6) is 5.75 Å². The van der Waals surface area contributed by atoms with E-state index >= 15 is 0 Å². The topological polar surface area (TPSA) is 82.6 Å². The lowest BCUT2D eigenvalue weighted by Gasteiger charge is -2.27. The van der Waals surface area contributed by atoms with Gasteiger partial charge >= 0.3 is 0 Å². The number of amides is 1. The highest BCUT2D eigenvalue weighted by Gasteiger charge is 2.45. The largest absolute Gasteiger partial charge is 0.503 e. The number of aliphatic hydroxyl groups is 1. The molecule has 0 fully saturated rings. The van der Waals surface area contributed by atoms with Gasteiger partial charge < -0.3 is 14.8 Å². The summed E-state index contributed by atoms with van der Waals surface area (Å²) in [6, 6.07) is 23.8. The molecular formula is C29H26N2O4. The SMILES string of the molecule is COc1cccc(N2C(=O)C(O)=C(C(=O)CCc3ccccc3)C2c2c(C)[nH]c3ccccc23)c1. The summed E-state index contributed by atoms with van der Waals surface area (Å²) in [7, 11) is 1.56. The highest BCUT2D eigenvalue weighted by atomic mass is 16.5. The maximum absolute atomic E-state index is 13.6. The third-order valence-electron chi connectivity index (χ3n) is 6.54. The summed E-state index contributed by atoms with van der Waals surface area (Å²) in [4.78, 5) is 31.9. The van der Waals surface area contributed by atoms with Crippen LogP contribution in [-0.2, 0) is 16.0 Å². The number of ether oxygens (including phenoxy) is 1. The fourth-order valence-electron chi connectivity index (χ4n) is 4.88. The van der Waals surface area contributed by atoms with Gasteiger partial charge in [0.15, 0.2) is 11.5 Å². The highest BCUT2D eigenvalue weighted by molar-refractivity contribution is 6.17. The van der Waals surface area contributed by atoms with Gasteiger partial charge in [-0.25, -0.2) is 0 Å². The van der Waals surface area contributed by atoms with Crippen LogP contribution in [0.15, 0.2) is 90.2 Å². The standard InChI is InChI=1S/C29H26N2O4/c1-18-25(22-13-6-7-14-23(22)30-18)27-26(24(32)16-15-19-9-4-3-5-10-19)28(33)29(34)31(27)20-11-8-12-21(17-20)35-2/h3-14,17,27,30,33H,15-16H2,1-2H3. The number of rotatable bonds is 7. The number of hydrogen-bond donors (Lipinski definition) is 2. The van der Waals surface area contributed by atoms with E-state index in [1.165, 1.54) is 4.90 Å². The van der Waals surface area contributed by atoms with Crippen molar-refractivity contribution < 1.29 is 19.4 Å². The number of methoxy groups -OCH3 is 1. The second kappa shape index (κ2) is 9.14. The molecule has 4 aromatic rings. The molecule has 0 saturated carbocycles. The lowest BCUT2D eigenvalue weighted by molar-refractivity contribution is -0.118. The number of carbonyl (C=O) groups excluding carboxylic acids is 2. The zero-order chi connectivity index (χ0) is 24.5. The minimum absolute atomic E-state index is 0.126. The van der Waals surface area contributed by atoms with Crippen LogP contribution in [0.2, 0.25) is 0 Å². The normalized spacial score (nSPS) is 15.8. The molecule has 0 aliphatic carbocycles. The zero-order valence-electron chi connectivity index (χ0n) is 19.6. The van der Waals surface area contributed by atoms with Crippen molar-refractivity contribution in [2.75, 3.05) is 12.0 Å². The Labute approximate surface area is 203 Å². The monoisotopic (exact) mass is 466 g/mol. The average Bonchev–Trinajstić information content (AvgIpc) is 3.35. The smallest absolute Gasteiger partial charge is 0.294 e. The lowest BCUT2D eigenvalue weighted by atomic mass is 9.91. The number of para-hydroxylation sites is 1. The number of aryl methyl sites for hydroxylation is 2. The second-order valence-electron chi connectivity index (χ2n) is 8.66. The van der Waals surface area contributed by atoms with Gasteiger partial charge in [0.2, 0.25) is 0 Å². The van der Waals surface area contributed by atoms with Crippen molar-refractivity contribution in [3.05, 3.63) is 107 Å². The number of benzene rings is 3. The van der Waals surface area contributed by atoms with Crippen LogP contribution in [0.25, 0.3) is 10.9 Å². The predicted octanol–water partition coefficient (Wildman–Crippen LogP) is 5.59. The summed E-state index contributed by atoms with van der Waals surface area (Å²) in [5, 5.41) is 11.9. The lowest BCUT2D eigenvalue weighted by Crippen LogP contribution is -2.31. The van der Waals surface area contributed by atoms with Gasteiger partial charge in [-0.3, -0.25) is 14.5 Å². The van der Waals surface area contributed by atoms with E-state index in [0.29, 0.717) is 17.9 Å². The Morgan fingerprint density at radius 1 is 1.03 bits per heavy atom. The first-order valence-corrected chi connectivity index (χ1v) is 11.5. The third kappa shape index (κ3) is 3.97. The van der Waals surface area contributed by atoms with Gasteiger partial charge in [0, 0.05) is 40.3 Å². The maximum Gasteiger partial charge on any atom is 0.294 e. The van der Waals surface area contributed by atoms with Crippen LogP contribution >= 0.6 is 0 Å². The van der Waals surface area contributed by atoms with Crippen molar-refractivity contribution in [3.63, 3.8) is 0 Å². The van der Waals surface area contributed by atoms with E-state index in [0.717, 1.165) is 27.7 Å². The molecule has 1 unspecified atom stereocenters. The van der Waals surface area contributed by atoms with E-state index in [9.17, 15) is 14.7 Å². The summed E-state index contributed by atoms with van der Waals surface area (Å²) >= 11 is 0. The number of carbonyl (C=O) groups is 2. The summed E-state index contributed by atoms with van der Waals surface area (Å²) in [5.74, 6) is -0.774. The molecule has 2 N–H and O–H groups in total. The summed E-state index contributed by atoms with van der Waals surface area (Å²) in [6.45, 7) is 1.92. The molecule has 0 radical (unpaired) electrons. The van der Waals surface area contributed by atoms with Crippen molar-refractivity contribution in [1.82, 2.24) is 4.98 Å². The first-order valence-electron chi connectivity index (χ1n) is 11.5. The maximum atomic E-state index is 13.6. The average molecular weight is 467 g/mol. The highest BCUT2D eigenvalue weighted by Crippen LogP contribution is 2.45. The third-order valence-corrected chi connectivity index (χ3v) is 6.54. The molecule has 6 nitrogen and oxygen atoms in total. The molecule has 0 saturated heterocycles.